The van der Waals surface area contributed by atoms with E-state index in [1.54, 1.807) is 19.9 Å². The number of hydrogen-bond acceptors (Lipinski definition) is 8. The SMILES string of the molecule is CCC(=O)C[C@H](O)C/C=C(C)/C=C(C)/C=C(C)/C=C\C(=O)OC1CCCC(=O)O[C@@H]([C@@H](C)C/C(C)=C/[C@@H](C)[C@H](O)C[C@@H](C)O)C/C=C(\C)C[C@@H]1C. The van der Waals surface area contributed by atoms with Gasteiger partial charge in [-0.25, -0.2) is 4.79 Å². The number of ketones is 1. The lowest BCUT2D eigenvalue weighted by Gasteiger charge is -2.27. The van der Waals surface area contributed by atoms with E-state index >= 15 is 0 Å². The summed E-state index contributed by atoms with van der Waals surface area (Å²) in [6, 6.07) is 0. The van der Waals surface area contributed by atoms with Crippen molar-refractivity contribution in [2.24, 2.45) is 17.8 Å². The second kappa shape index (κ2) is 24.2. The minimum atomic E-state index is -0.673. The van der Waals surface area contributed by atoms with Crippen LogP contribution in [0.4, 0.5) is 0 Å². The number of cyclic esters (lactones) is 1. The lowest BCUT2D eigenvalue weighted by molar-refractivity contribution is -0.152. The maximum Gasteiger partial charge on any atom is 0.331 e. The van der Waals surface area contributed by atoms with Gasteiger partial charge in [0.1, 0.15) is 18.0 Å². The third-order valence-corrected chi connectivity index (χ3v) is 9.38. The van der Waals surface area contributed by atoms with Crippen molar-refractivity contribution in [2.45, 2.75) is 164 Å². The lowest BCUT2D eigenvalue weighted by Crippen LogP contribution is -2.28. The number of hydrogen-bond donors (Lipinski definition) is 3. The van der Waals surface area contributed by atoms with Crippen LogP contribution in [0.3, 0.4) is 0 Å². The molecule has 288 valence electrons. The van der Waals surface area contributed by atoms with Crippen LogP contribution in [0.2, 0.25) is 0 Å². The summed E-state index contributed by atoms with van der Waals surface area (Å²) >= 11 is 0. The van der Waals surface area contributed by atoms with Gasteiger partial charge in [-0.05, 0) is 91.9 Å². The van der Waals surface area contributed by atoms with Crippen molar-refractivity contribution in [1.29, 1.82) is 0 Å². The smallest absolute Gasteiger partial charge is 0.331 e. The van der Waals surface area contributed by atoms with Gasteiger partial charge in [0.25, 0.3) is 0 Å². The molecule has 0 aromatic heterocycles. The first-order valence-electron chi connectivity index (χ1n) is 18.9. The van der Waals surface area contributed by atoms with Crippen LogP contribution in [-0.2, 0) is 23.9 Å². The highest BCUT2D eigenvalue weighted by Crippen LogP contribution is 2.27. The summed E-state index contributed by atoms with van der Waals surface area (Å²) in [4.78, 5) is 37.4. The molecule has 0 fully saturated rings. The summed E-state index contributed by atoms with van der Waals surface area (Å²) in [6.45, 7) is 19.5. The van der Waals surface area contributed by atoms with Crippen molar-refractivity contribution in [2.75, 3.05) is 0 Å². The number of Topliss-reactive ketones (excluding diaryl/α,β-unsaturated/α-hetero) is 1. The topological polar surface area (TPSA) is 130 Å². The van der Waals surface area contributed by atoms with Gasteiger partial charge >= 0.3 is 11.9 Å². The molecule has 3 N–H and O–H groups in total. The van der Waals surface area contributed by atoms with Crippen LogP contribution in [0.1, 0.15) is 133 Å². The molecule has 0 spiro atoms. The Morgan fingerprint density at radius 1 is 1.00 bits per heavy atom. The molecule has 1 unspecified atom stereocenters. The molecule has 8 atom stereocenters. The molecule has 1 aliphatic heterocycles. The third-order valence-electron chi connectivity index (χ3n) is 9.38. The van der Waals surface area contributed by atoms with Gasteiger partial charge in [0.2, 0.25) is 0 Å². The number of carbonyl (C=O) groups excluding carboxylic acids is 3. The predicted octanol–water partition coefficient (Wildman–Crippen LogP) is 8.61. The van der Waals surface area contributed by atoms with E-state index in [9.17, 15) is 29.7 Å². The standard InChI is InChI=1S/C43H68O8/c1-11-37(45)27-38(46)18-15-28(2)21-31(5)22-29(3)17-20-43(49)50-40-13-12-14-42(48)51-41(19-16-30(4)23-34(40)8)35(9)25-32(6)24-33(7)39(47)26-36(10)44/h15-17,20-22,24,33-36,38-41,44,46-47H,11-14,18-19,23,25-27H2,1-10H3/b20-17-,28-15+,29-22+,30-16+,31-21+,32-24+/t33-,34+,35+,36-,38-,39-,40?,41-/m1/s1. The minimum absolute atomic E-state index is 0.0517. The van der Waals surface area contributed by atoms with Gasteiger partial charge in [0.15, 0.2) is 0 Å². The van der Waals surface area contributed by atoms with Gasteiger partial charge in [0.05, 0.1) is 18.3 Å². The Labute approximate surface area is 308 Å². The molecule has 8 nitrogen and oxygen atoms in total. The van der Waals surface area contributed by atoms with Crippen molar-refractivity contribution < 1.29 is 39.2 Å². The number of rotatable bonds is 17. The fraction of sp³-hybridized carbons (Fsp3) is 0.651. The van der Waals surface area contributed by atoms with Crippen molar-refractivity contribution in [3.05, 3.63) is 70.4 Å². The molecule has 0 bridgehead atoms. The van der Waals surface area contributed by atoms with Crippen molar-refractivity contribution in [3.63, 3.8) is 0 Å². The summed E-state index contributed by atoms with van der Waals surface area (Å²) < 4.78 is 11.9. The van der Waals surface area contributed by atoms with E-state index in [4.69, 9.17) is 9.47 Å². The van der Waals surface area contributed by atoms with E-state index in [0.29, 0.717) is 38.5 Å². The summed E-state index contributed by atoms with van der Waals surface area (Å²) in [7, 11) is 0. The largest absolute Gasteiger partial charge is 0.462 e. The number of aliphatic hydroxyl groups is 3. The fourth-order valence-electron chi connectivity index (χ4n) is 6.47. The van der Waals surface area contributed by atoms with Gasteiger partial charge in [-0.1, -0.05) is 92.0 Å². The Morgan fingerprint density at radius 3 is 2.31 bits per heavy atom. The molecule has 0 amide bonds. The molecule has 0 radical (unpaired) electrons. The summed E-state index contributed by atoms with van der Waals surface area (Å²) in [5.74, 6) is -0.565. The number of carbonyl (C=O) groups is 3. The molecule has 51 heavy (non-hydrogen) atoms. The van der Waals surface area contributed by atoms with E-state index in [1.165, 1.54) is 6.08 Å². The third kappa shape index (κ3) is 20.5. The van der Waals surface area contributed by atoms with Crippen molar-refractivity contribution in [3.8, 4) is 0 Å². The van der Waals surface area contributed by atoms with Crippen LogP contribution in [0.25, 0.3) is 0 Å². The van der Waals surface area contributed by atoms with Crippen molar-refractivity contribution >= 4 is 17.7 Å². The first-order valence-corrected chi connectivity index (χ1v) is 18.9. The van der Waals surface area contributed by atoms with Crippen LogP contribution in [-0.4, -0.2) is 63.6 Å². The maximum absolute atomic E-state index is 12.9. The number of esters is 2. The van der Waals surface area contributed by atoms with Gasteiger partial charge in [-0.15, -0.1) is 0 Å². The van der Waals surface area contributed by atoms with Gasteiger partial charge in [0, 0.05) is 37.7 Å². The Balaban J connectivity index is 2.87. The maximum atomic E-state index is 12.9. The van der Waals surface area contributed by atoms with E-state index in [0.717, 1.165) is 40.7 Å². The number of allylic oxidation sites excluding steroid dienone is 8. The lowest BCUT2D eigenvalue weighted by atomic mass is 9.89. The normalized spacial score (nSPS) is 24.7. The molecule has 1 rings (SSSR count). The van der Waals surface area contributed by atoms with Crippen LogP contribution < -0.4 is 0 Å². The minimum Gasteiger partial charge on any atom is -0.462 e. The van der Waals surface area contributed by atoms with Crippen LogP contribution in [0, 0.1) is 17.8 Å². The van der Waals surface area contributed by atoms with E-state index in [2.05, 4.69) is 26.8 Å². The Hall–Kier alpha value is -3.07. The first-order chi connectivity index (χ1) is 23.9. The summed E-state index contributed by atoms with van der Waals surface area (Å²) in [5.41, 5.74) is 5.13. The number of ether oxygens (including phenoxy) is 2. The monoisotopic (exact) mass is 712 g/mol. The summed E-state index contributed by atoms with van der Waals surface area (Å²) in [5, 5.41) is 30.0. The zero-order valence-electron chi connectivity index (χ0n) is 33.1. The Bertz CT molecular complexity index is 1300. The molecule has 0 aliphatic carbocycles. The highest BCUT2D eigenvalue weighted by atomic mass is 16.5. The predicted molar refractivity (Wildman–Crippen MR) is 206 cm³/mol. The molecule has 1 aliphatic rings. The van der Waals surface area contributed by atoms with Crippen LogP contribution in [0.15, 0.2) is 70.4 Å². The molecule has 0 saturated heterocycles. The van der Waals surface area contributed by atoms with E-state index in [1.807, 2.05) is 58.9 Å². The van der Waals surface area contributed by atoms with Gasteiger partial charge < -0.3 is 24.8 Å². The second-order valence-corrected chi connectivity index (χ2v) is 15.1. The molecule has 0 aromatic carbocycles. The fourth-order valence-corrected chi connectivity index (χ4v) is 6.47. The molecular weight excluding hydrogens is 644 g/mol. The van der Waals surface area contributed by atoms with E-state index < -0.39 is 24.3 Å². The average Bonchev–Trinajstić information content (AvgIpc) is 3.02. The van der Waals surface area contributed by atoms with Gasteiger partial charge in [-0.2, -0.15) is 0 Å². The molecular formula is C43H68O8. The Morgan fingerprint density at radius 2 is 1.67 bits per heavy atom. The highest BCUT2D eigenvalue weighted by Gasteiger charge is 2.26. The zero-order valence-corrected chi connectivity index (χ0v) is 33.1. The molecule has 1 heterocycles. The van der Waals surface area contributed by atoms with Crippen LogP contribution >= 0.6 is 0 Å². The second-order valence-electron chi connectivity index (χ2n) is 15.1. The molecule has 0 saturated carbocycles. The van der Waals surface area contributed by atoms with E-state index in [-0.39, 0.29) is 54.6 Å². The van der Waals surface area contributed by atoms with Gasteiger partial charge in [-0.3, -0.25) is 9.59 Å². The van der Waals surface area contributed by atoms with Crippen LogP contribution in [0.5, 0.6) is 0 Å². The van der Waals surface area contributed by atoms with Crippen molar-refractivity contribution in [1.82, 2.24) is 0 Å². The quantitative estimate of drug-likeness (QED) is 0.0592. The first kappa shape index (κ1) is 46.0. The Kier molecular flexibility index (Phi) is 21.8. The summed E-state index contributed by atoms with van der Waals surface area (Å²) in [6.07, 6.45) is 15.6. The molecule has 0 aromatic rings. The average molecular weight is 713 g/mol. The number of aliphatic hydroxyl groups excluding tert-OH is 3. The zero-order chi connectivity index (χ0) is 38.7. The molecule has 8 heteroatoms. The highest BCUT2D eigenvalue weighted by molar-refractivity contribution is 5.82.